The molecule has 0 fully saturated rings. The third kappa shape index (κ3) is 3.38. The topological polar surface area (TPSA) is 55.6 Å². The van der Waals surface area contributed by atoms with E-state index in [4.69, 9.17) is 0 Å². The van der Waals surface area contributed by atoms with E-state index >= 15 is 0 Å². The standard InChI is InChI=1S/C18H17N5/c1-13-11-15(9-10-20-13)7-8-16-12-23(14(2)21-16)18-6-4-5-17(19-3)22-18/h4-6,9-12H,1-3H3,(H,19,22). The van der Waals surface area contributed by atoms with E-state index in [1.54, 1.807) is 6.20 Å². The summed E-state index contributed by atoms with van der Waals surface area (Å²) in [5.41, 5.74) is 2.60. The molecular formula is C18H17N5. The van der Waals surface area contributed by atoms with E-state index in [0.717, 1.165) is 28.7 Å². The molecule has 0 aromatic carbocycles. The van der Waals surface area contributed by atoms with Gasteiger partial charge < -0.3 is 5.32 Å². The Balaban J connectivity index is 1.92. The summed E-state index contributed by atoms with van der Waals surface area (Å²) in [7, 11) is 1.85. The van der Waals surface area contributed by atoms with Crippen LogP contribution in [0.3, 0.4) is 0 Å². The summed E-state index contributed by atoms with van der Waals surface area (Å²) in [6.45, 7) is 3.89. The number of nitrogens with zero attached hydrogens (tertiary/aromatic N) is 4. The lowest BCUT2D eigenvalue weighted by Crippen LogP contribution is -2.01. The Kier molecular flexibility index (Phi) is 4.07. The van der Waals surface area contributed by atoms with Crippen LogP contribution in [-0.2, 0) is 0 Å². The average Bonchev–Trinajstić information content (AvgIpc) is 2.94. The van der Waals surface area contributed by atoms with Crippen LogP contribution in [0.4, 0.5) is 5.82 Å². The van der Waals surface area contributed by atoms with Gasteiger partial charge in [-0.15, -0.1) is 0 Å². The van der Waals surface area contributed by atoms with Crippen molar-refractivity contribution >= 4 is 5.82 Å². The molecule has 0 amide bonds. The summed E-state index contributed by atoms with van der Waals surface area (Å²) in [6.07, 6.45) is 3.66. The zero-order valence-electron chi connectivity index (χ0n) is 13.3. The summed E-state index contributed by atoms with van der Waals surface area (Å²) < 4.78 is 1.93. The number of pyridine rings is 2. The van der Waals surface area contributed by atoms with Crippen LogP contribution in [-0.4, -0.2) is 26.6 Å². The first kappa shape index (κ1) is 14.8. The van der Waals surface area contributed by atoms with Crippen molar-refractivity contribution in [1.29, 1.82) is 0 Å². The molecule has 5 nitrogen and oxygen atoms in total. The van der Waals surface area contributed by atoms with Crippen molar-refractivity contribution in [2.24, 2.45) is 0 Å². The molecule has 0 unspecified atom stereocenters. The van der Waals surface area contributed by atoms with Gasteiger partial charge in [0.15, 0.2) is 0 Å². The first-order valence-electron chi connectivity index (χ1n) is 7.31. The molecule has 0 spiro atoms. The highest BCUT2D eigenvalue weighted by molar-refractivity contribution is 5.43. The number of hydrogen-bond acceptors (Lipinski definition) is 4. The fraction of sp³-hybridized carbons (Fsp3) is 0.167. The summed E-state index contributed by atoms with van der Waals surface area (Å²) in [5.74, 6) is 8.69. The van der Waals surface area contributed by atoms with Crippen LogP contribution < -0.4 is 5.32 Å². The maximum absolute atomic E-state index is 4.52. The average molecular weight is 303 g/mol. The van der Waals surface area contributed by atoms with Crippen molar-refractivity contribution in [3.05, 3.63) is 65.5 Å². The number of aromatic nitrogens is 4. The minimum Gasteiger partial charge on any atom is -0.373 e. The molecule has 0 saturated carbocycles. The Morgan fingerprint density at radius 2 is 1.96 bits per heavy atom. The van der Waals surface area contributed by atoms with Gasteiger partial charge in [0.05, 0.1) is 0 Å². The molecular weight excluding hydrogens is 286 g/mol. The van der Waals surface area contributed by atoms with E-state index < -0.39 is 0 Å². The summed E-state index contributed by atoms with van der Waals surface area (Å²) in [6, 6.07) is 9.66. The van der Waals surface area contributed by atoms with Crippen molar-refractivity contribution in [1.82, 2.24) is 19.5 Å². The van der Waals surface area contributed by atoms with Crippen molar-refractivity contribution < 1.29 is 0 Å². The lowest BCUT2D eigenvalue weighted by molar-refractivity contribution is 0.933. The molecule has 3 aromatic rings. The van der Waals surface area contributed by atoms with Gasteiger partial charge in [-0.25, -0.2) is 9.97 Å². The molecule has 23 heavy (non-hydrogen) atoms. The highest BCUT2D eigenvalue weighted by Gasteiger charge is 2.06. The number of hydrogen-bond donors (Lipinski definition) is 1. The zero-order valence-corrected chi connectivity index (χ0v) is 13.3. The van der Waals surface area contributed by atoms with Gasteiger partial charge in [-0.1, -0.05) is 12.0 Å². The molecule has 114 valence electrons. The Morgan fingerprint density at radius 1 is 1.09 bits per heavy atom. The first-order valence-corrected chi connectivity index (χ1v) is 7.31. The lowest BCUT2D eigenvalue weighted by Gasteiger charge is -2.05. The summed E-state index contributed by atoms with van der Waals surface area (Å²) in [5, 5.41) is 3.04. The Hall–Kier alpha value is -3.13. The van der Waals surface area contributed by atoms with E-state index in [2.05, 4.69) is 32.1 Å². The first-order chi connectivity index (χ1) is 11.2. The second-order valence-corrected chi connectivity index (χ2v) is 5.11. The molecule has 0 atom stereocenters. The maximum atomic E-state index is 4.52. The number of nitrogens with one attached hydrogen (secondary N) is 1. The van der Waals surface area contributed by atoms with Crippen LogP contribution in [0.15, 0.2) is 42.7 Å². The molecule has 1 N–H and O–H groups in total. The molecule has 0 radical (unpaired) electrons. The van der Waals surface area contributed by atoms with Crippen molar-refractivity contribution in [2.75, 3.05) is 12.4 Å². The van der Waals surface area contributed by atoms with Crippen LogP contribution in [0.25, 0.3) is 5.82 Å². The van der Waals surface area contributed by atoms with E-state index in [1.807, 2.05) is 62.0 Å². The highest BCUT2D eigenvalue weighted by Crippen LogP contribution is 2.12. The van der Waals surface area contributed by atoms with Crippen LogP contribution in [0.1, 0.15) is 22.8 Å². The fourth-order valence-electron chi connectivity index (χ4n) is 2.22. The molecule has 0 bridgehead atoms. The second-order valence-electron chi connectivity index (χ2n) is 5.11. The van der Waals surface area contributed by atoms with Crippen LogP contribution in [0.2, 0.25) is 0 Å². The van der Waals surface area contributed by atoms with Gasteiger partial charge in [0.2, 0.25) is 0 Å². The van der Waals surface area contributed by atoms with Gasteiger partial charge in [0, 0.05) is 30.7 Å². The normalized spacial score (nSPS) is 10.0. The van der Waals surface area contributed by atoms with Crippen molar-refractivity contribution in [2.45, 2.75) is 13.8 Å². The van der Waals surface area contributed by atoms with Gasteiger partial charge in [-0.2, -0.15) is 0 Å². The largest absolute Gasteiger partial charge is 0.373 e. The Bertz CT molecular complexity index is 899. The predicted octanol–water partition coefficient (Wildman–Crippen LogP) is 2.72. The van der Waals surface area contributed by atoms with Gasteiger partial charge in [0.25, 0.3) is 0 Å². The van der Waals surface area contributed by atoms with Crippen molar-refractivity contribution in [3.8, 4) is 17.7 Å². The lowest BCUT2D eigenvalue weighted by atomic mass is 10.2. The highest BCUT2D eigenvalue weighted by atomic mass is 15.1. The molecule has 5 heteroatoms. The molecule has 3 heterocycles. The Morgan fingerprint density at radius 3 is 2.74 bits per heavy atom. The molecule has 0 saturated heterocycles. The number of anilines is 1. The van der Waals surface area contributed by atoms with E-state index in [-0.39, 0.29) is 0 Å². The minimum atomic E-state index is 0.716. The summed E-state index contributed by atoms with van der Waals surface area (Å²) in [4.78, 5) is 13.2. The molecule has 0 aliphatic heterocycles. The number of imidazole rings is 1. The van der Waals surface area contributed by atoms with E-state index in [0.29, 0.717) is 5.69 Å². The van der Waals surface area contributed by atoms with Gasteiger partial charge in [-0.3, -0.25) is 9.55 Å². The van der Waals surface area contributed by atoms with Crippen molar-refractivity contribution in [3.63, 3.8) is 0 Å². The second kappa shape index (κ2) is 6.32. The predicted molar refractivity (Wildman–Crippen MR) is 90.6 cm³/mol. The van der Waals surface area contributed by atoms with E-state index in [9.17, 15) is 0 Å². The SMILES string of the molecule is CNc1cccc(-n2cc(C#Cc3ccnc(C)c3)nc2C)n1. The van der Waals surface area contributed by atoms with Crippen LogP contribution in [0, 0.1) is 25.7 Å². The third-order valence-corrected chi connectivity index (χ3v) is 3.35. The molecule has 3 rings (SSSR count). The smallest absolute Gasteiger partial charge is 0.140 e. The number of aryl methyl sites for hydroxylation is 2. The summed E-state index contributed by atoms with van der Waals surface area (Å²) >= 11 is 0. The third-order valence-electron chi connectivity index (χ3n) is 3.35. The monoisotopic (exact) mass is 303 g/mol. The van der Waals surface area contributed by atoms with Crippen LogP contribution in [0.5, 0.6) is 0 Å². The zero-order chi connectivity index (χ0) is 16.2. The minimum absolute atomic E-state index is 0.716. The van der Waals surface area contributed by atoms with Gasteiger partial charge in [-0.05, 0) is 44.0 Å². The van der Waals surface area contributed by atoms with Crippen LogP contribution >= 0.6 is 0 Å². The van der Waals surface area contributed by atoms with Gasteiger partial charge in [0.1, 0.15) is 23.2 Å². The Labute approximate surface area is 135 Å². The molecule has 0 aliphatic rings. The van der Waals surface area contributed by atoms with E-state index in [1.165, 1.54) is 0 Å². The number of rotatable bonds is 2. The maximum Gasteiger partial charge on any atom is 0.140 e. The molecule has 3 aromatic heterocycles. The fourth-order valence-corrected chi connectivity index (χ4v) is 2.22. The quantitative estimate of drug-likeness (QED) is 0.740. The van der Waals surface area contributed by atoms with Gasteiger partial charge >= 0.3 is 0 Å². The molecule has 0 aliphatic carbocycles.